The zero-order chi connectivity index (χ0) is 12.5. The first-order valence-corrected chi connectivity index (χ1v) is 6.37. The molecule has 3 N–H and O–H groups in total. The van der Waals surface area contributed by atoms with Gasteiger partial charge < -0.3 is 16.0 Å². The SMILES string of the molecule is Cc1cnc(N2CCNCC2)c2cccc(N)c12. The lowest BCUT2D eigenvalue weighted by molar-refractivity contribution is 0.586. The molecule has 1 aromatic heterocycles. The first kappa shape index (κ1) is 11.3. The van der Waals surface area contributed by atoms with Crippen LogP contribution in [0.25, 0.3) is 10.8 Å². The Morgan fingerprint density at radius 2 is 2.06 bits per heavy atom. The summed E-state index contributed by atoms with van der Waals surface area (Å²) in [6.07, 6.45) is 1.93. The summed E-state index contributed by atoms with van der Waals surface area (Å²) in [5.74, 6) is 1.06. The van der Waals surface area contributed by atoms with Gasteiger partial charge in [-0.05, 0) is 18.6 Å². The molecule has 0 saturated carbocycles. The lowest BCUT2D eigenvalue weighted by atomic mass is 10.1. The number of hydrogen-bond donors (Lipinski definition) is 2. The number of benzene rings is 1. The molecule has 4 heteroatoms. The van der Waals surface area contributed by atoms with Crippen LogP contribution in [0, 0.1) is 6.92 Å². The third-order valence-electron chi connectivity index (χ3n) is 3.53. The quantitative estimate of drug-likeness (QED) is 0.745. The second-order valence-electron chi connectivity index (χ2n) is 4.77. The lowest BCUT2D eigenvalue weighted by Crippen LogP contribution is -2.44. The van der Waals surface area contributed by atoms with E-state index >= 15 is 0 Å². The molecular formula is C14H18N4. The third kappa shape index (κ3) is 1.78. The molecule has 1 fully saturated rings. The minimum atomic E-state index is 0.837. The smallest absolute Gasteiger partial charge is 0.136 e. The molecule has 0 aliphatic carbocycles. The number of aryl methyl sites for hydroxylation is 1. The van der Waals surface area contributed by atoms with E-state index in [0.29, 0.717) is 0 Å². The standard InChI is InChI=1S/C14H18N4/c1-10-9-17-14(18-7-5-16-6-8-18)11-3-2-4-12(15)13(10)11/h2-4,9,16H,5-8,15H2,1H3. The first-order chi connectivity index (χ1) is 8.77. The van der Waals surface area contributed by atoms with Crippen molar-refractivity contribution in [1.82, 2.24) is 10.3 Å². The van der Waals surface area contributed by atoms with Crippen LogP contribution in [0.4, 0.5) is 11.5 Å². The van der Waals surface area contributed by atoms with Crippen molar-refractivity contribution < 1.29 is 0 Å². The number of rotatable bonds is 1. The van der Waals surface area contributed by atoms with Crippen LogP contribution < -0.4 is 16.0 Å². The topological polar surface area (TPSA) is 54.2 Å². The summed E-state index contributed by atoms with van der Waals surface area (Å²) in [5.41, 5.74) is 8.07. The molecule has 3 rings (SSSR count). The molecule has 1 aliphatic rings. The van der Waals surface area contributed by atoms with Crippen molar-refractivity contribution in [2.75, 3.05) is 36.8 Å². The van der Waals surface area contributed by atoms with Crippen molar-refractivity contribution in [1.29, 1.82) is 0 Å². The van der Waals surface area contributed by atoms with Gasteiger partial charge in [-0.2, -0.15) is 0 Å². The van der Waals surface area contributed by atoms with E-state index in [0.717, 1.165) is 54.0 Å². The molecule has 1 aromatic carbocycles. The normalized spacial score (nSPS) is 16.2. The Bertz CT molecular complexity index is 565. The molecule has 4 nitrogen and oxygen atoms in total. The highest BCUT2D eigenvalue weighted by Gasteiger charge is 2.15. The maximum Gasteiger partial charge on any atom is 0.136 e. The fourth-order valence-corrected chi connectivity index (χ4v) is 2.62. The van der Waals surface area contributed by atoms with Gasteiger partial charge in [0.05, 0.1) is 0 Å². The first-order valence-electron chi connectivity index (χ1n) is 6.37. The third-order valence-corrected chi connectivity index (χ3v) is 3.53. The summed E-state index contributed by atoms with van der Waals surface area (Å²) in [4.78, 5) is 6.94. The summed E-state index contributed by atoms with van der Waals surface area (Å²) < 4.78 is 0. The second kappa shape index (κ2) is 4.46. The van der Waals surface area contributed by atoms with Crippen molar-refractivity contribution in [2.24, 2.45) is 0 Å². The fraction of sp³-hybridized carbons (Fsp3) is 0.357. The number of anilines is 2. The van der Waals surface area contributed by atoms with E-state index < -0.39 is 0 Å². The van der Waals surface area contributed by atoms with Gasteiger partial charge in [0.25, 0.3) is 0 Å². The molecule has 18 heavy (non-hydrogen) atoms. The molecule has 2 aromatic rings. The summed E-state index contributed by atoms with van der Waals surface area (Å²) >= 11 is 0. The zero-order valence-corrected chi connectivity index (χ0v) is 10.6. The van der Waals surface area contributed by atoms with E-state index in [2.05, 4.69) is 28.2 Å². The van der Waals surface area contributed by atoms with Crippen LogP contribution in [0.1, 0.15) is 5.56 Å². The Kier molecular flexibility index (Phi) is 2.80. The van der Waals surface area contributed by atoms with E-state index in [1.165, 1.54) is 0 Å². The summed E-state index contributed by atoms with van der Waals surface area (Å²) in [6, 6.07) is 6.07. The number of hydrogen-bond acceptors (Lipinski definition) is 4. The predicted octanol–water partition coefficient (Wildman–Crippen LogP) is 1.54. The van der Waals surface area contributed by atoms with Gasteiger partial charge in [-0.15, -0.1) is 0 Å². The minimum absolute atomic E-state index is 0.837. The fourth-order valence-electron chi connectivity index (χ4n) is 2.62. The van der Waals surface area contributed by atoms with Crippen LogP contribution in [0.15, 0.2) is 24.4 Å². The van der Waals surface area contributed by atoms with Crippen molar-refractivity contribution in [3.63, 3.8) is 0 Å². The molecular weight excluding hydrogens is 224 g/mol. The molecule has 0 spiro atoms. The number of nitrogens with zero attached hydrogens (tertiary/aromatic N) is 2. The van der Waals surface area contributed by atoms with Crippen molar-refractivity contribution in [2.45, 2.75) is 6.92 Å². The van der Waals surface area contributed by atoms with Gasteiger partial charge in [0.15, 0.2) is 0 Å². The van der Waals surface area contributed by atoms with Crippen LogP contribution in [-0.4, -0.2) is 31.2 Å². The van der Waals surface area contributed by atoms with Crippen molar-refractivity contribution in [3.8, 4) is 0 Å². The molecule has 1 aliphatic heterocycles. The monoisotopic (exact) mass is 242 g/mol. The van der Waals surface area contributed by atoms with Gasteiger partial charge in [-0.3, -0.25) is 0 Å². The average molecular weight is 242 g/mol. The molecule has 0 radical (unpaired) electrons. The van der Waals surface area contributed by atoms with Gasteiger partial charge in [-0.25, -0.2) is 4.98 Å². The lowest BCUT2D eigenvalue weighted by Gasteiger charge is -2.29. The Morgan fingerprint density at radius 1 is 1.28 bits per heavy atom. The number of pyridine rings is 1. The molecule has 2 heterocycles. The van der Waals surface area contributed by atoms with Crippen LogP contribution in [0.3, 0.4) is 0 Å². The maximum atomic E-state index is 6.10. The van der Waals surface area contributed by atoms with Crippen molar-refractivity contribution in [3.05, 3.63) is 30.0 Å². The van der Waals surface area contributed by atoms with Crippen LogP contribution in [0.5, 0.6) is 0 Å². The summed E-state index contributed by atoms with van der Waals surface area (Å²) in [6.45, 7) is 6.09. The predicted molar refractivity (Wildman–Crippen MR) is 76.0 cm³/mol. The molecule has 1 saturated heterocycles. The van der Waals surface area contributed by atoms with Gasteiger partial charge >= 0.3 is 0 Å². The van der Waals surface area contributed by atoms with Crippen LogP contribution in [0.2, 0.25) is 0 Å². The van der Waals surface area contributed by atoms with Gasteiger partial charge in [0, 0.05) is 48.8 Å². The largest absolute Gasteiger partial charge is 0.398 e. The van der Waals surface area contributed by atoms with Gasteiger partial charge in [0.2, 0.25) is 0 Å². The highest BCUT2D eigenvalue weighted by atomic mass is 15.2. The Balaban J connectivity index is 2.18. The molecule has 0 amide bonds. The Hall–Kier alpha value is -1.81. The molecule has 0 bridgehead atoms. The van der Waals surface area contributed by atoms with Gasteiger partial charge in [0.1, 0.15) is 5.82 Å². The number of aromatic nitrogens is 1. The average Bonchev–Trinajstić information content (AvgIpc) is 2.40. The van der Waals surface area contributed by atoms with E-state index in [4.69, 9.17) is 5.73 Å². The van der Waals surface area contributed by atoms with Crippen LogP contribution in [-0.2, 0) is 0 Å². The van der Waals surface area contributed by atoms with E-state index in [1.54, 1.807) is 0 Å². The van der Waals surface area contributed by atoms with Crippen LogP contribution >= 0.6 is 0 Å². The summed E-state index contributed by atoms with van der Waals surface area (Å²) in [7, 11) is 0. The molecule has 0 unspecified atom stereocenters. The maximum absolute atomic E-state index is 6.10. The highest BCUT2D eigenvalue weighted by Crippen LogP contribution is 2.30. The zero-order valence-electron chi connectivity index (χ0n) is 10.6. The Labute approximate surface area is 107 Å². The summed E-state index contributed by atoms with van der Waals surface area (Å²) in [5, 5.41) is 5.66. The van der Waals surface area contributed by atoms with E-state index in [-0.39, 0.29) is 0 Å². The Morgan fingerprint density at radius 3 is 2.83 bits per heavy atom. The molecule has 94 valence electrons. The van der Waals surface area contributed by atoms with Gasteiger partial charge in [-0.1, -0.05) is 12.1 Å². The highest BCUT2D eigenvalue weighted by molar-refractivity contribution is 6.01. The number of fused-ring (bicyclic) bond motifs is 1. The van der Waals surface area contributed by atoms with Crippen molar-refractivity contribution >= 4 is 22.3 Å². The number of piperazine rings is 1. The number of nitrogen functional groups attached to an aromatic ring is 1. The number of nitrogens with two attached hydrogens (primary N) is 1. The van der Waals surface area contributed by atoms with E-state index in [9.17, 15) is 0 Å². The minimum Gasteiger partial charge on any atom is -0.398 e. The molecule has 0 atom stereocenters. The number of nitrogens with one attached hydrogen (secondary N) is 1. The second-order valence-corrected chi connectivity index (χ2v) is 4.77. The van der Waals surface area contributed by atoms with E-state index in [1.807, 2.05) is 18.3 Å².